The van der Waals surface area contributed by atoms with E-state index < -0.39 is 29.4 Å². The Kier molecular flexibility index (Phi) is 2.94. The fourth-order valence-electron chi connectivity index (χ4n) is 2.81. The summed E-state index contributed by atoms with van der Waals surface area (Å²) in [5.74, 6) is -1.01. The van der Waals surface area contributed by atoms with E-state index in [1.165, 1.54) is 0 Å². The molecule has 4 atom stereocenters. The van der Waals surface area contributed by atoms with Crippen LogP contribution >= 0.6 is 0 Å². The molecular weight excluding hydrogens is 232 g/mol. The van der Waals surface area contributed by atoms with Crippen molar-refractivity contribution in [1.82, 2.24) is 0 Å². The number of carbonyl (C=O) groups is 2. The topological polar surface area (TPSA) is 66.4 Å². The number of terminal acetylenes is 1. The number of carboxylic acids is 1. The molecule has 0 radical (unpaired) electrons. The maximum atomic E-state index is 12.1. The maximum Gasteiger partial charge on any atom is 0.311 e. The molecule has 2 rings (SSSR count). The predicted octanol–water partition coefficient (Wildman–Crippen LogP) is 0.130. The number of rotatable bonds is 3. The molecule has 0 saturated heterocycles. The molecule has 1 saturated carbocycles. The van der Waals surface area contributed by atoms with Gasteiger partial charge in [-0.3, -0.25) is 4.79 Å². The molecule has 0 aromatic carbocycles. The van der Waals surface area contributed by atoms with Crippen LogP contribution in [0.15, 0.2) is 12.2 Å². The van der Waals surface area contributed by atoms with E-state index in [1.807, 2.05) is 12.2 Å². The van der Waals surface area contributed by atoms with E-state index in [0.717, 1.165) is 0 Å². The zero-order chi connectivity index (χ0) is 13.5. The lowest BCUT2D eigenvalue weighted by Gasteiger charge is -2.29. The van der Waals surface area contributed by atoms with Gasteiger partial charge in [0.1, 0.15) is 0 Å². The van der Waals surface area contributed by atoms with Crippen LogP contribution in [0.2, 0.25) is 0 Å². The molecule has 0 spiro atoms. The van der Waals surface area contributed by atoms with Crippen LogP contribution in [0.25, 0.3) is 0 Å². The molecule has 18 heavy (non-hydrogen) atoms. The third-order valence-corrected chi connectivity index (χ3v) is 3.71. The first-order valence-corrected chi connectivity index (χ1v) is 5.95. The van der Waals surface area contributed by atoms with Crippen LogP contribution in [0.3, 0.4) is 0 Å². The van der Waals surface area contributed by atoms with E-state index in [9.17, 15) is 14.7 Å². The van der Waals surface area contributed by atoms with Gasteiger partial charge in [-0.1, -0.05) is 18.1 Å². The number of allylic oxidation sites excluding steroid dienone is 2. The van der Waals surface area contributed by atoms with Gasteiger partial charge in [0.2, 0.25) is 0 Å². The van der Waals surface area contributed by atoms with E-state index in [4.69, 9.17) is 11.2 Å². The highest BCUT2D eigenvalue weighted by atomic mass is 16.6. The number of hydrogen-bond acceptors (Lipinski definition) is 4. The normalized spacial score (nSPS) is 33.2. The zero-order valence-corrected chi connectivity index (χ0v) is 10.4. The molecule has 0 heterocycles. The standard InChI is InChI=1S/C14H16O4/c1-4-14(2,3)18-13(17)11-9-6-5-8(7-9)10(11)12(15)16/h1,5-6,8-11H,7H2,2-3H3,(H,15,16)/p-1. The van der Waals surface area contributed by atoms with Crippen molar-refractivity contribution in [2.45, 2.75) is 25.9 Å². The second-order valence-corrected chi connectivity index (χ2v) is 5.39. The third kappa shape index (κ3) is 2.01. The monoisotopic (exact) mass is 247 g/mol. The van der Waals surface area contributed by atoms with Crippen LogP contribution < -0.4 is 5.11 Å². The summed E-state index contributed by atoms with van der Waals surface area (Å²) in [7, 11) is 0. The van der Waals surface area contributed by atoms with Crippen LogP contribution in [0.4, 0.5) is 0 Å². The van der Waals surface area contributed by atoms with E-state index in [2.05, 4.69) is 5.92 Å². The Bertz CT molecular complexity index is 455. The fraction of sp³-hybridized carbons (Fsp3) is 0.571. The van der Waals surface area contributed by atoms with Gasteiger partial charge in [0.25, 0.3) is 0 Å². The maximum absolute atomic E-state index is 12.1. The largest absolute Gasteiger partial charge is 0.550 e. The summed E-state index contributed by atoms with van der Waals surface area (Å²) in [6, 6.07) is 0. The highest BCUT2D eigenvalue weighted by Gasteiger charge is 2.50. The molecule has 0 aliphatic heterocycles. The number of carboxylic acid groups (broad SMARTS) is 1. The lowest BCUT2D eigenvalue weighted by Crippen LogP contribution is -2.43. The lowest BCUT2D eigenvalue weighted by atomic mass is 9.83. The Morgan fingerprint density at radius 1 is 1.33 bits per heavy atom. The Labute approximate surface area is 106 Å². The van der Waals surface area contributed by atoms with Crippen molar-refractivity contribution in [3.63, 3.8) is 0 Å². The van der Waals surface area contributed by atoms with Crippen molar-refractivity contribution in [2.75, 3.05) is 0 Å². The van der Waals surface area contributed by atoms with E-state index in [-0.39, 0.29) is 11.8 Å². The fourth-order valence-corrected chi connectivity index (χ4v) is 2.81. The summed E-state index contributed by atoms with van der Waals surface area (Å²) in [6.07, 6.45) is 9.67. The number of esters is 1. The molecule has 2 bridgehead atoms. The first kappa shape index (κ1) is 12.7. The van der Waals surface area contributed by atoms with Crippen LogP contribution in [-0.4, -0.2) is 17.5 Å². The van der Waals surface area contributed by atoms with Gasteiger partial charge in [-0.2, -0.15) is 0 Å². The molecular formula is C14H15O4-. The van der Waals surface area contributed by atoms with Crippen LogP contribution in [0.5, 0.6) is 0 Å². The molecule has 0 N–H and O–H groups in total. The van der Waals surface area contributed by atoms with Crippen molar-refractivity contribution >= 4 is 11.9 Å². The van der Waals surface area contributed by atoms with Crippen LogP contribution in [0, 0.1) is 36.0 Å². The second-order valence-electron chi connectivity index (χ2n) is 5.39. The Morgan fingerprint density at radius 2 is 1.89 bits per heavy atom. The first-order valence-electron chi connectivity index (χ1n) is 5.95. The highest BCUT2D eigenvalue weighted by Crippen LogP contribution is 2.48. The number of fused-ring (bicyclic) bond motifs is 2. The number of ether oxygens (including phenoxy) is 1. The van der Waals surface area contributed by atoms with Gasteiger partial charge in [-0.05, 0) is 32.1 Å². The molecule has 96 valence electrons. The quantitative estimate of drug-likeness (QED) is 0.404. The zero-order valence-electron chi connectivity index (χ0n) is 10.4. The van der Waals surface area contributed by atoms with Gasteiger partial charge in [0.15, 0.2) is 5.60 Å². The predicted molar refractivity (Wildman–Crippen MR) is 61.7 cm³/mol. The average molecular weight is 247 g/mol. The number of aliphatic carboxylic acids is 1. The van der Waals surface area contributed by atoms with Crippen molar-refractivity contribution in [2.24, 2.45) is 23.7 Å². The molecule has 1 fully saturated rings. The Morgan fingerprint density at radius 3 is 2.39 bits per heavy atom. The smallest absolute Gasteiger partial charge is 0.311 e. The molecule has 4 heteroatoms. The molecule has 0 aromatic rings. The van der Waals surface area contributed by atoms with Gasteiger partial charge in [-0.15, -0.1) is 6.42 Å². The first-order chi connectivity index (χ1) is 8.35. The minimum absolute atomic E-state index is 0.0704. The van der Waals surface area contributed by atoms with Gasteiger partial charge >= 0.3 is 5.97 Å². The summed E-state index contributed by atoms with van der Waals surface area (Å²) < 4.78 is 5.20. The molecule has 4 unspecified atom stereocenters. The van der Waals surface area contributed by atoms with Gasteiger partial charge in [0.05, 0.1) is 5.92 Å². The summed E-state index contributed by atoms with van der Waals surface area (Å²) in [4.78, 5) is 23.2. The van der Waals surface area contributed by atoms with Crippen LogP contribution in [0.1, 0.15) is 20.3 Å². The van der Waals surface area contributed by atoms with Crippen molar-refractivity contribution in [3.05, 3.63) is 12.2 Å². The number of hydrogen-bond donors (Lipinski definition) is 0. The summed E-state index contributed by atoms with van der Waals surface area (Å²) >= 11 is 0. The summed E-state index contributed by atoms with van der Waals surface area (Å²) in [6.45, 7) is 3.20. The molecule has 0 amide bonds. The molecule has 2 aliphatic rings. The Hall–Kier alpha value is -1.76. The van der Waals surface area contributed by atoms with Gasteiger partial charge in [-0.25, -0.2) is 0 Å². The third-order valence-electron chi connectivity index (χ3n) is 3.71. The van der Waals surface area contributed by atoms with Crippen molar-refractivity contribution < 1.29 is 19.4 Å². The SMILES string of the molecule is C#CC(C)(C)OC(=O)C1C2C=CC(C2)C1C(=O)[O-]. The van der Waals surface area contributed by atoms with E-state index in [0.29, 0.717) is 6.42 Å². The second kappa shape index (κ2) is 4.16. The minimum Gasteiger partial charge on any atom is -0.550 e. The van der Waals surface area contributed by atoms with E-state index in [1.54, 1.807) is 13.8 Å². The lowest BCUT2D eigenvalue weighted by molar-refractivity contribution is -0.314. The van der Waals surface area contributed by atoms with Crippen LogP contribution in [-0.2, 0) is 14.3 Å². The molecule has 4 nitrogen and oxygen atoms in total. The summed E-state index contributed by atoms with van der Waals surface area (Å²) in [5, 5.41) is 11.1. The molecule has 0 aromatic heterocycles. The average Bonchev–Trinajstić information content (AvgIpc) is 2.87. The minimum atomic E-state index is -1.19. The van der Waals surface area contributed by atoms with Crippen molar-refractivity contribution in [1.29, 1.82) is 0 Å². The highest BCUT2D eigenvalue weighted by molar-refractivity contribution is 5.83. The van der Waals surface area contributed by atoms with E-state index >= 15 is 0 Å². The van der Waals surface area contributed by atoms with Gasteiger partial charge < -0.3 is 14.6 Å². The Balaban J connectivity index is 2.18. The van der Waals surface area contributed by atoms with Crippen molar-refractivity contribution in [3.8, 4) is 12.3 Å². The number of carbonyl (C=O) groups excluding carboxylic acids is 2. The van der Waals surface area contributed by atoms with Gasteiger partial charge in [0, 0.05) is 11.9 Å². The summed E-state index contributed by atoms with van der Waals surface area (Å²) in [5.41, 5.74) is -1.01. The molecule has 2 aliphatic carbocycles.